The highest BCUT2D eigenvalue weighted by atomic mass is 19.4. The van der Waals surface area contributed by atoms with E-state index in [0.717, 1.165) is 16.9 Å². The molecule has 0 unspecified atom stereocenters. The van der Waals surface area contributed by atoms with E-state index in [2.05, 4.69) is 20.4 Å². The standard InChI is InChI=1S/C19H23F3N6O2/c1-10-16-17(27(3)11(2)18(29)26-16)25-15(24-10)7-12-6-13(30-9-12)8-28-14(4-5-23-28)19(20,21)22/h4-5,11-13H,6-9H2,1-3H3,(H,26,29)/t11-,12+,13+/m0/s1. The summed E-state index contributed by atoms with van der Waals surface area (Å²) in [5, 5.41) is 6.64. The number of ether oxygens (including phenoxy) is 1. The fourth-order valence-electron chi connectivity index (χ4n) is 3.91. The van der Waals surface area contributed by atoms with Crippen LogP contribution >= 0.6 is 0 Å². The molecule has 30 heavy (non-hydrogen) atoms. The van der Waals surface area contributed by atoms with Gasteiger partial charge in [0.1, 0.15) is 23.2 Å². The van der Waals surface area contributed by atoms with Crippen molar-refractivity contribution in [2.75, 3.05) is 23.9 Å². The summed E-state index contributed by atoms with van der Waals surface area (Å²) < 4.78 is 45.8. The predicted octanol–water partition coefficient (Wildman–Crippen LogP) is 2.42. The van der Waals surface area contributed by atoms with Crippen LogP contribution in [0, 0.1) is 12.8 Å². The van der Waals surface area contributed by atoms with Gasteiger partial charge in [-0.05, 0) is 32.3 Å². The number of nitrogens with one attached hydrogen (secondary N) is 1. The minimum Gasteiger partial charge on any atom is -0.376 e. The first-order valence-corrected chi connectivity index (χ1v) is 9.75. The fourth-order valence-corrected chi connectivity index (χ4v) is 3.91. The van der Waals surface area contributed by atoms with Crippen LogP contribution in [0.25, 0.3) is 0 Å². The molecule has 4 rings (SSSR count). The van der Waals surface area contributed by atoms with Crippen LogP contribution < -0.4 is 10.2 Å². The lowest BCUT2D eigenvalue weighted by atomic mass is 10.0. The number of nitrogens with zero attached hydrogens (tertiary/aromatic N) is 5. The predicted molar refractivity (Wildman–Crippen MR) is 102 cm³/mol. The second kappa shape index (κ2) is 7.53. The molecule has 1 N–H and O–H groups in total. The summed E-state index contributed by atoms with van der Waals surface area (Å²) in [5.41, 5.74) is 0.523. The van der Waals surface area contributed by atoms with Crippen LogP contribution in [0.4, 0.5) is 24.7 Å². The van der Waals surface area contributed by atoms with E-state index in [0.29, 0.717) is 42.5 Å². The van der Waals surface area contributed by atoms with Crippen LogP contribution in [0.15, 0.2) is 12.3 Å². The molecule has 0 aromatic carbocycles. The topological polar surface area (TPSA) is 85.2 Å². The zero-order valence-electron chi connectivity index (χ0n) is 16.9. The lowest BCUT2D eigenvalue weighted by Crippen LogP contribution is -2.45. The van der Waals surface area contributed by atoms with E-state index in [1.165, 1.54) is 0 Å². The molecule has 11 heteroatoms. The van der Waals surface area contributed by atoms with Crippen LogP contribution in [-0.2, 0) is 28.7 Å². The minimum absolute atomic E-state index is 0.0503. The van der Waals surface area contributed by atoms with E-state index in [1.54, 1.807) is 6.92 Å². The van der Waals surface area contributed by atoms with E-state index >= 15 is 0 Å². The number of aromatic nitrogens is 4. The molecule has 162 valence electrons. The first-order valence-electron chi connectivity index (χ1n) is 9.75. The van der Waals surface area contributed by atoms with Crippen molar-refractivity contribution in [3.63, 3.8) is 0 Å². The van der Waals surface area contributed by atoms with Gasteiger partial charge in [-0.2, -0.15) is 18.3 Å². The Balaban J connectivity index is 1.44. The van der Waals surface area contributed by atoms with Gasteiger partial charge in [0.15, 0.2) is 5.82 Å². The number of likely N-dealkylation sites (N-methyl/N-ethyl adjacent to an activating group) is 1. The molecule has 2 aromatic heterocycles. The minimum atomic E-state index is -4.44. The third-order valence-corrected chi connectivity index (χ3v) is 5.68. The molecule has 4 heterocycles. The molecule has 2 aromatic rings. The van der Waals surface area contributed by atoms with Crippen molar-refractivity contribution in [2.24, 2.45) is 5.92 Å². The number of hydrogen-bond donors (Lipinski definition) is 1. The van der Waals surface area contributed by atoms with Gasteiger partial charge in [-0.25, -0.2) is 9.97 Å². The molecule has 0 aliphatic carbocycles. The van der Waals surface area contributed by atoms with E-state index in [9.17, 15) is 18.0 Å². The van der Waals surface area contributed by atoms with Crippen molar-refractivity contribution in [1.82, 2.24) is 19.7 Å². The van der Waals surface area contributed by atoms with Crippen molar-refractivity contribution in [3.05, 3.63) is 29.5 Å². The summed E-state index contributed by atoms with van der Waals surface area (Å²) in [4.78, 5) is 23.0. The molecular weight excluding hydrogens is 401 g/mol. The van der Waals surface area contributed by atoms with Crippen molar-refractivity contribution in [1.29, 1.82) is 0 Å². The van der Waals surface area contributed by atoms with Gasteiger partial charge in [-0.1, -0.05) is 0 Å². The quantitative estimate of drug-likeness (QED) is 0.812. The molecule has 0 radical (unpaired) electrons. The first-order chi connectivity index (χ1) is 14.1. The normalized spacial score (nSPS) is 24.1. The Labute approximate surface area is 171 Å². The Morgan fingerprint density at radius 1 is 1.33 bits per heavy atom. The Bertz CT molecular complexity index is 960. The number of hydrogen-bond acceptors (Lipinski definition) is 6. The number of carbonyl (C=O) groups excluding carboxylic acids is 1. The number of alkyl halides is 3. The first kappa shape index (κ1) is 20.6. The molecule has 0 saturated carbocycles. The number of aryl methyl sites for hydroxylation is 1. The summed E-state index contributed by atoms with van der Waals surface area (Å²) in [6, 6.07) is 0.627. The van der Waals surface area contributed by atoms with Gasteiger partial charge in [0.05, 0.1) is 24.9 Å². The van der Waals surface area contributed by atoms with E-state index in [4.69, 9.17) is 4.74 Å². The van der Waals surface area contributed by atoms with Crippen molar-refractivity contribution < 1.29 is 22.7 Å². The van der Waals surface area contributed by atoms with Crippen molar-refractivity contribution in [3.8, 4) is 0 Å². The Hall–Kier alpha value is -2.69. The lowest BCUT2D eigenvalue weighted by Gasteiger charge is -2.32. The van der Waals surface area contributed by atoms with Gasteiger partial charge in [0.2, 0.25) is 5.91 Å². The van der Waals surface area contributed by atoms with Crippen LogP contribution in [0.1, 0.15) is 30.6 Å². The second-order valence-corrected chi connectivity index (χ2v) is 7.86. The summed E-state index contributed by atoms with van der Waals surface area (Å²) in [6.45, 7) is 4.10. The van der Waals surface area contributed by atoms with Gasteiger partial charge in [0, 0.05) is 19.7 Å². The van der Waals surface area contributed by atoms with E-state index in [1.807, 2.05) is 18.9 Å². The maximum absolute atomic E-state index is 13.0. The largest absolute Gasteiger partial charge is 0.433 e. The number of carbonyl (C=O) groups is 1. The van der Waals surface area contributed by atoms with E-state index < -0.39 is 11.9 Å². The molecular formula is C19H23F3N6O2. The summed E-state index contributed by atoms with van der Waals surface area (Å²) in [5.74, 6) is 1.30. The van der Waals surface area contributed by atoms with Gasteiger partial charge >= 0.3 is 6.18 Å². The fraction of sp³-hybridized carbons (Fsp3) is 0.579. The van der Waals surface area contributed by atoms with Gasteiger partial charge in [-0.15, -0.1) is 0 Å². The molecule has 3 atom stereocenters. The summed E-state index contributed by atoms with van der Waals surface area (Å²) in [6.07, 6.45) is -2.50. The van der Waals surface area contributed by atoms with Gasteiger partial charge < -0.3 is 15.0 Å². The second-order valence-electron chi connectivity index (χ2n) is 7.86. The molecule has 1 saturated heterocycles. The Morgan fingerprint density at radius 3 is 2.83 bits per heavy atom. The zero-order chi connectivity index (χ0) is 21.6. The molecule has 0 bridgehead atoms. The average Bonchev–Trinajstić information content (AvgIpc) is 3.31. The molecule has 2 aliphatic heterocycles. The highest BCUT2D eigenvalue weighted by Gasteiger charge is 2.36. The number of amides is 1. The third-order valence-electron chi connectivity index (χ3n) is 5.68. The maximum atomic E-state index is 13.0. The van der Waals surface area contributed by atoms with Gasteiger partial charge in [-0.3, -0.25) is 9.48 Å². The zero-order valence-corrected chi connectivity index (χ0v) is 16.9. The Morgan fingerprint density at radius 2 is 2.10 bits per heavy atom. The summed E-state index contributed by atoms with van der Waals surface area (Å²) >= 11 is 0. The van der Waals surface area contributed by atoms with Crippen LogP contribution in [0.2, 0.25) is 0 Å². The molecule has 8 nitrogen and oxygen atoms in total. The highest BCUT2D eigenvalue weighted by molar-refractivity contribution is 6.02. The number of fused-ring (bicyclic) bond motifs is 1. The van der Waals surface area contributed by atoms with Crippen molar-refractivity contribution >= 4 is 17.4 Å². The molecule has 0 spiro atoms. The highest BCUT2D eigenvalue weighted by Crippen LogP contribution is 2.33. The lowest BCUT2D eigenvalue weighted by molar-refractivity contribution is -0.144. The molecule has 2 aliphatic rings. The third kappa shape index (κ3) is 3.85. The van der Waals surface area contributed by atoms with Crippen LogP contribution in [-0.4, -0.2) is 51.5 Å². The molecule has 1 fully saturated rings. The summed E-state index contributed by atoms with van der Waals surface area (Å²) in [7, 11) is 1.81. The van der Waals surface area contributed by atoms with E-state index in [-0.39, 0.29) is 30.5 Å². The monoisotopic (exact) mass is 424 g/mol. The maximum Gasteiger partial charge on any atom is 0.433 e. The number of halogens is 3. The average molecular weight is 424 g/mol. The number of anilines is 2. The smallest absolute Gasteiger partial charge is 0.376 e. The van der Waals surface area contributed by atoms with Crippen molar-refractivity contribution in [2.45, 2.75) is 51.6 Å². The SMILES string of the molecule is Cc1nc(C[C@@H]2CO[C@@H](Cn3nccc3C(F)(F)F)C2)nc2c1NC(=O)[C@H](C)N2C. The van der Waals surface area contributed by atoms with Crippen LogP contribution in [0.3, 0.4) is 0 Å². The van der Waals surface area contributed by atoms with Gasteiger partial charge in [0.25, 0.3) is 0 Å². The molecule has 1 amide bonds. The number of rotatable bonds is 4. The Kier molecular flexibility index (Phi) is 5.16. The van der Waals surface area contributed by atoms with Crippen LogP contribution in [0.5, 0.6) is 0 Å².